The Balaban J connectivity index is 2.01. The van der Waals surface area contributed by atoms with E-state index in [-0.39, 0.29) is 6.42 Å². The summed E-state index contributed by atoms with van der Waals surface area (Å²) < 4.78 is 38.7. The van der Waals surface area contributed by atoms with Gasteiger partial charge in [0, 0.05) is 12.6 Å². The molecule has 0 fully saturated rings. The number of carbonyl (C=O) groups excluding carboxylic acids is 1. The van der Waals surface area contributed by atoms with Gasteiger partial charge in [0.25, 0.3) is 10.0 Å². The molecule has 2 heterocycles. The maximum Gasteiger partial charge on any atom is 0.284 e. The van der Waals surface area contributed by atoms with Crippen LogP contribution in [0.1, 0.15) is 12.0 Å². The first kappa shape index (κ1) is 14.6. The van der Waals surface area contributed by atoms with Crippen LogP contribution < -0.4 is 4.72 Å². The highest BCUT2D eigenvalue weighted by atomic mass is 32.2. The highest BCUT2D eigenvalue weighted by Crippen LogP contribution is 2.11. The van der Waals surface area contributed by atoms with Crippen molar-refractivity contribution < 1.29 is 17.6 Å². The van der Waals surface area contributed by atoms with E-state index in [1.54, 1.807) is 0 Å². The number of nitrogens with zero attached hydrogens (tertiary/aromatic N) is 1. The van der Waals surface area contributed by atoms with Crippen LogP contribution in [0.4, 0.5) is 4.39 Å². The highest BCUT2D eigenvalue weighted by Gasteiger charge is 2.22. The Labute approximate surface area is 119 Å². The molecule has 0 saturated carbocycles. The van der Waals surface area contributed by atoms with E-state index < -0.39 is 26.8 Å². The number of nitrogens with one attached hydrogen (secondary N) is 1. The molecular formula is C12H11FN2O3S2. The molecule has 106 valence electrons. The Bertz CT molecular complexity index is 699. The molecule has 0 aromatic carbocycles. The van der Waals surface area contributed by atoms with Crippen molar-refractivity contribution in [2.45, 2.75) is 17.9 Å². The van der Waals surface area contributed by atoms with Gasteiger partial charge >= 0.3 is 0 Å². The Morgan fingerprint density at radius 1 is 1.40 bits per heavy atom. The zero-order valence-corrected chi connectivity index (χ0v) is 11.9. The van der Waals surface area contributed by atoms with Crippen LogP contribution >= 0.6 is 11.3 Å². The summed E-state index contributed by atoms with van der Waals surface area (Å²) in [5.74, 6) is -1.69. The Kier molecular flexibility index (Phi) is 4.46. The lowest BCUT2D eigenvalue weighted by molar-refractivity contribution is -0.119. The molecule has 0 bridgehead atoms. The van der Waals surface area contributed by atoms with Crippen molar-refractivity contribution in [1.82, 2.24) is 9.71 Å². The van der Waals surface area contributed by atoms with Gasteiger partial charge in [0.2, 0.25) is 10.9 Å². The molecule has 0 aliphatic rings. The van der Waals surface area contributed by atoms with Crippen molar-refractivity contribution in [3.05, 3.63) is 46.5 Å². The smallest absolute Gasteiger partial charge is 0.274 e. The summed E-state index contributed by atoms with van der Waals surface area (Å²) >= 11 is 1.49. The molecule has 0 aliphatic carbocycles. The largest absolute Gasteiger partial charge is 0.284 e. The Morgan fingerprint density at radius 2 is 2.20 bits per heavy atom. The molecule has 0 radical (unpaired) electrons. The second-order valence-electron chi connectivity index (χ2n) is 3.95. The Morgan fingerprint density at radius 3 is 2.85 bits per heavy atom. The minimum Gasteiger partial charge on any atom is -0.274 e. The Hall–Kier alpha value is -1.80. The molecule has 0 spiro atoms. The highest BCUT2D eigenvalue weighted by molar-refractivity contribution is 7.90. The number of rotatable bonds is 5. The van der Waals surface area contributed by atoms with Crippen molar-refractivity contribution in [1.29, 1.82) is 0 Å². The quantitative estimate of drug-likeness (QED) is 0.911. The van der Waals surface area contributed by atoms with Gasteiger partial charge in [-0.15, -0.1) is 0 Å². The van der Waals surface area contributed by atoms with Crippen LogP contribution in [0.5, 0.6) is 0 Å². The van der Waals surface area contributed by atoms with Gasteiger partial charge in [-0.3, -0.25) is 4.79 Å². The van der Waals surface area contributed by atoms with Gasteiger partial charge in [0.1, 0.15) is 0 Å². The SMILES string of the molecule is O=C(CCc1ccsc1)NS(=O)(=O)c1ncccc1F. The van der Waals surface area contributed by atoms with Crippen LogP contribution in [0.3, 0.4) is 0 Å². The molecule has 0 saturated heterocycles. The van der Waals surface area contributed by atoms with Crippen molar-refractivity contribution in [2.75, 3.05) is 0 Å². The van der Waals surface area contributed by atoms with E-state index in [4.69, 9.17) is 0 Å². The fraction of sp³-hybridized carbons (Fsp3) is 0.167. The molecule has 0 atom stereocenters. The predicted octanol–water partition coefficient (Wildman–Crippen LogP) is 1.72. The summed E-state index contributed by atoms with van der Waals surface area (Å²) in [6, 6.07) is 4.09. The lowest BCUT2D eigenvalue weighted by Crippen LogP contribution is -2.31. The summed E-state index contributed by atoms with van der Waals surface area (Å²) in [5, 5.41) is 2.97. The van der Waals surface area contributed by atoms with Gasteiger partial charge in [0.15, 0.2) is 5.82 Å². The van der Waals surface area contributed by atoms with E-state index in [9.17, 15) is 17.6 Å². The van der Waals surface area contributed by atoms with Crippen LogP contribution in [-0.4, -0.2) is 19.3 Å². The fourth-order valence-corrected chi connectivity index (χ4v) is 3.24. The van der Waals surface area contributed by atoms with Crippen LogP contribution in [0.25, 0.3) is 0 Å². The average molecular weight is 314 g/mol. The summed E-state index contributed by atoms with van der Waals surface area (Å²) in [5.41, 5.74) is 0.951. The summed E-state index contributed by atoms with van der Waals surface area (Å²) in [7, 11) is -4.26. The molecule has 2 aromatic rings. The summed E-state index contributed by atoms with van der Waals surface area (Å²) in [6.07, 6.45) is 1.58. The van der Waals surface area contributed by atoms with Crippen molar-refractivity contribution in [3.8, 4) is 0 Å². The fourth-order valence-electron chi connectivity index (χ4n) is 1.51. The van der Waals surface area contributed by atoms with E-state index in [0.717, 1.165) is 17.8 Å². The minimum atomic E-state index is -4.26. The minimum absolute atomic E-state index is 0.00438. The number of sulfonamides is 1. The number of halogens is 1. The lowest BCUT2D eigenvalue weighted by Gasteiger charge is -2.06. The molecule has 1 N–H and O–H groups in total. The number of aryl methyl sites for hydroxylation is 1. The average Bonchev–Trinajstić information content (AvgIpc) is 2.89. The third-order valence-electron chi connectivity index (χ3n) is 2.45. The summed E-state index contributed by atoms with van der Waals surface area (Å²) in [4.78, 5) is 15.0. The first-order valence-electron chi connectivity index (χ1n) is 5.66. The molecule has 20 heavy (non-hydrogen) atoms. The molecule has 2 rings (SSSR count). The monoisotopic (exact) mass is 314 g/mol. The normalized spacial score (nSPS) is 11.2. The maximum atomic E-state index is 13.4. The van der Waals surface area contributed by atoms with Gasteiger partial charge in [-0.2, -0.15) is 19.8 Å². The second-order valence-corrected chi connectivity index (χ2v) is 6.33. The van der Waals surface area contributed by atoms with Crippen molar-refractivity contribution >= 4 is 27.3 Å². The summed E-state index contributed by atoms with van der Waals surface area (Å²) in [6.45, 7) is 0. The van der Waals surface area contributed by atoms with Gasteiger partial charge in [-0.1, -0.05) is 0 Å². The van der Waals surface area contributed by atoms with E-state index >= 15 is 0 Å². The van der Waals surface area contributed by atoms with E-state index in [1.165, 1.54) is 17.4 Å². The van der Waals surface area contributed by atoms with Crippen molar-refractivity contribution in [2.24, 2.45) is 0 Å². The molecule has 0 aliphatic heterocycles. The molecule has 1 amide bonds. The van der Waals surface area contributed by atoms with Gasteiger partial charge in [-0.25, -0.2) is 14.1 Å². The van der Waals surface area contributed by atoms with Crippen LogP contribution in [0.2, 0.25) is 0 Å². The number of pyridine rings is 1. The first-order valence-corrected chi connectivity index (χ1v) is 8.09. The molecular weight excluding hydrogens is 303 g/mol. The molecule has 2 aromatic heterocycles. The van der Waals surface area contributed by atoms with Gasteiger partial charge in [0.05, 0.1) is 0 Å². The predicted molar refractivity (Wildman–Crippen MR) is 72.2 cm³/mol. The van der Waals surface area contributed by atoms with Gasteiger partial charge < -0.3 is 0 Å². The number of hydrogen-bond acceptors (Lipinski definition) is 5. The number of hydrogen-bond donors (Lipinski definition) is 1. The number of carbonyl (C=O) groups is 1. The maximum absolute atomic E-state index is 13.4. The number of thiophene rings is 1. The first-order chi connectivity index (χ1) is 9.49. The van der Waals surface area contributed by atoms with Crippen LogP contribution in [0.15, 0.2) is 40.2 Å². The third-order valence-corrected chi connectivity index (χ3v) is 4.49. The van der Waals surface area contributed by atoms with Crippen LogP contribution in [0, 0.1) is 5.82 Å². The topological polar surface area (TPSA) is 76.1 Å². The zero-order chi connectivity index (χ0) is 14.6. The number of amides is 1. The van der Waals surface area contributed by atoms with Gasteiger partial charge in [-0.05, 0) is 40.9 Å². The van der Waals surface area contributed by atoms with Crippen LogP contribution in [-0.2, 0) is 21.2 Å². The standard InChI is InChI=1S/C12H11FN2O3S2/c13-10-2-1-6-14-12(10)20(17,18)15-11(16)4-3-9-5-7-19-8-9/h1-2,5-8H,3-4H2,(H,15,16). The van der Waals surface area contributed by atoms with Crippen molar-refractivity contribution in [3.63, 3.8) is 0 Å². The van der Waals surface area contributed by atoms with E-state index in [0.29, 0.717) is 6.42 Å². The van der Waals surface area contributed by atoms with E-state index in [2.05, 4.69) is 4.98 Å². The molecule has 5 nitrogen and oxygen atoms in total. The third kappa shape index (κ3) is 3.61. The second kappa shape index (κ2) is 6.10. The lowest BCUT2D eigenvalue weighted by atomic mass is 10.2. The molecule has 8 heteroatoms. The zero-order valence-electron chi connectivity index (χ0n) is 10.2. The molecule has 0 unspecified atom stereocenters. The number of aromatic nitrogens is 1. The van der Waals surface area contributed by atoms with E-state index in [1.807, 2.05) is 21.5 Å².